The minimum Gasteiger partial charge on any atom is -0.427 e. The largest absolute Gasteiger partial charge is 0.427 e. The van der Waals surface area contributed by atoms with Gasteiger partial charge >= 0.3 is 0 Å². The fourth-order valence-electron chi connectivity index (χ4n) is 1.70. The molecule has 2 aliphatic rings. The molecular formula is C7H11BO4. The van der Waals surface area contributed by atoms with Gasteiger partial charge in [-0.1, -0.05) is 0 Å². The molecule has 0 amide bonds. The third-order valence-electron chi connectivity index (χ3n) is 2.27. The van der Waals surface area contributed by atoms with Crippen molar-refractivity contribution in [3.63, 3.8) is 0 Å². The summed E-state index contributed by atoms with van der Waals surface area (Å²) in [5, 5.41) is 0. The first-order valence-electron chi connectivity index (χ1n) is 4.08. The topological polar surface area (TPSA) is 36.9 Å². The summed E-state index contributed by atoms with van der Waals surface area (Å²) < 4.78 is 20.5. The summed E-state index contributed by atoms with van der Waals surface area (Å²) in [5.74, 6) is 0. The molecule has 4 nitrogen and oxygen atoms in total. The highest BCUT2D eigenvalue weighted by Gasteiger charge is 2.42. The van der Waals surface area contributed by atoms with Gasteiger partial charge in [-0.3, -0.25) is 0 Å². The second kappa shape index (κ2) is 3.74. The molecule has 0 bridgehead atoms. The summed E-state index contributed by atoms with van der Waals surface area (Å²) in [4.78, 5) is 0. The molecule has 12 heavy (non-hydrogen) atoms. The Morgan fingerprint density at radius 2 is 2.33 bits per heavy atom. The predicted octanol–water partition coefficient (Wildman–Crippen LogP) is -0.383. The lowest BCUT2D eigenvalue weighted by Gasteiger charge is -2.15. The van der Waals surface area contributed by atoms with Crippen LogP contribution in [0, 0.1) is 0 Å². The van der Waals surface area contributed by atoms with Gasteiger partial charge < -0.3 is 18.9 Å². The van der Waals surface area contributed by atoms with Gasteiger partial charge in [0.15, 0.2) is 0 Å². The molecule has 2 aliphatic heterocycles. The zero-order valence-electron chi connectivity index (χ0n) is 6.77. The highest BCUT2D eigenvalue weighted by Crippen LogP contribution is 2.27. The van der Waals surface area contributed by atoms with Crippen molar-refractivity contribution in [3.05, 3.63) is 0 Å². The van der Waals surface area contributed by atoms with Crippen molar-refractivity contribution in [1.29, 1.82) is 0 Å². The van der Waals surface area contributed by atoms with Gasteiger partial charge in [0.25, 0.3) is 8.05 Å². The van der Waals surface area contributed by atoms with Gasteiger partial charge in [0.05, 0.1) is 12.7 Å². The quantitative estimate of drug-likeness (QED) is 0.427. The number of rotatable bonds is 3. The monoisotopic (exact) mass is 170 g/mol. The van der Waals surface area contributed by atoms with Gasteiger partial charge in [-0.25, -0.2) is 0 Å². The van der Waals surface area contributed by atoms with Crippen molar-refractivity contribution in [3.8, 4) is 0 Å². The minimum atomic E-state index is -0.0129. The maximum atomic E-state index is 5.44. The summed E-state index contributed by atoms with van der Waals surface area (Å²) in [6.07, 6.45) is 1.25. The third-order valence-corrected chi connectivity index (χ3v) is 2.27. The number of fused-ring (bicyclic) bond motifs is 1. The van der Waals surface area contributed by atoms with Crippen molar-refractivity contribution in [2.75, 3.05) is 20.0 Å². The Bertz CT molecular complexity index is 154. The molecule has 0 unspecified atom stereocenters. The zero-order valence-corrected chi connectivity index (χ0v) is 6.77. The van der Waals surface area contributed by atoms with Gasteiger partial charge in [0.1, 0.15) is 19.0 Å². The molecule has 2 heterocycles. The molecule has 0 saturated carbocycles. The molecule has 0 aliphatic carbocycles. The van der Waals surface area contributed by atoms with E-state index in [0.717, 1.165) is 13.0 Å². The average Bonchev–Trinajstić information content (AvgIpc) is 2.62. The van der Waals surface area contributed by atoms with Gasteiger partial charge in [-0.05, 0) is 6.42 Å². The van der Waals surface area contributed by atoms with Crippen molar-refractivity contribution in [1.82, 2.24) is 0 Å². The van der Waals surface area contributed by atoms with Crippen LogP contribution in [-0.4, -0.2) is 46.4 Å². The Hall–Kier alpha value is -0.0951. The van der Waals surface area contributed by atoms with E-state index < -0.39 is 0 Å². The summed E-state index contributed by atoms with van der Waals surface area (Å²) in [5.41, 5.74) is 0. The van der Waals surface area contributed by atoms with E-state index >= 15 is 0 Å². The number of hydrogen-bond donors (Lipinski definition) is 0. The van der Waals surface area contributed by atoms with E-state index in [1.54, 1.807) is 0 Å². The van der Waals surface area contributed by atoms with Gasteiger partial charge in [-0.2, -0.15) is 0 Å². The average molecular weight is 170 g/mol. The van der Waals surface area contributed by atoms with Gasteiger partial charge in [0.2, 0.25) is 0 Å². The van der Waals surface area contributed by atoms with Crippen LogP contribution in [0.25, 0.3) is 0 Å². The van der Waals surface area contributed by atoms with Crippen LogP contribution in [0.1, 0.15) is 6.42 Å². The Morgan fingerprint density at radius 1 is 1.42 bits per heavy atom. The molecule has 0 spiro atoms. The van der Waals surface area contributed by atoms with Crippen LogP contribution in [0.15, 0.2) is 0 Å². The molecule has 0 aromatic rings. The lowest BCUT2D eigenvalue weighted by Crippen LogP contribution is -2.30. The van der Waals surface area contributed by atoms with E-state index in [4.69, 9.17) is 22.3 Å². The van der Waals surface area contributed by atoms with E-state index in [-0.39, 0.29) is 25.1 Å². The van der Waals surface area contributed by atoms with Crippen LogP contribution >= 0.6 is 0 Å². The van der Waals surface area contributed by atoms with Crippen LogP contribution in [-0.2, 0) is 18.9 Å². The van der Waals surface area contributed by atoms with Crippen molar-refractivity contribution in [2.45, 2.75) is 24.7 Å². The number of hydrogen-bond acceptors (Lipinski definition) is 4. The molecular weight excluding hydrogens is 159 g/mol. The lowest BCUT2D eigenvalue weighted by molar-refractivity contribution is -0.0792. The molecule has 0 aromatic heterocycles. The fourth-order valence-corrected chi connectivity index (χ4v) is 1.70. The molecule has 0 N–H and O–H groups in total. The summed E-state index contributed by atoms with van der Waals surface area (Å²) in [6, 6.07) is 0. The Morgan fingerprint density at radius 3 is 3.17 bits per heavy atom. The van der Waals surface area contributed by atoms with Crippen LogP contribution in [0.5, 0.6) is 0 Å². The van der Waals surface area contributed by atoms with Crippen molar-refractivity contribution < 1.29 is 18.9 Å². The lowest BCUT2D eigenvalue weighted by atomic mass is 10.1. The zero-order chi connectivity index (χ0) is 8.39. The fraction of sp³-hybridized carbons (Fsp3) is 1.00. The van der Waals surface area contributed by atoms with E-state index in [0.29, 0.717) is 6.61 Å². The van der Waals surface area contributed by atoms with Crippen LogP contribution in [0.2, 0.25) is 0 Å². The van der Waals surface area contributed by atoms with Crippen LogP contribution in [0.4, 0.5) is 0 Å². The second-order valence-corrected chi connectivity index (χ2v) is 2.99. The second-order valence-electron chi connectivity index (χ2n) is 2.99. The Kier molecular flexibility index (Phi) is 2.65. The highest BCUT2D eigenvalue weighted by atomic mass is 16.7. The molecule has 3 atom stereocenters. The summed E-state index contributed by atoms with van der Waals surface area (Å²) in [6.45, 7) is 1.44. The van der Waals surface area contributed by atoms with E-state index in [1.807, 2.05) is 0 Å². The predicted molar refractivity (Wildman–Crippen MR) is 40.7 cm³/mol. The molecule has 2 saturated heterocycles. The maximum absolute atomic E-state index is 5.44. The minimum absolute atomic E-state index is 0.0129. The van der Waals surface area contributed by atoms with Crippen molar-refractivity contribution in [2.24, 2.45) is 0 Å². The van der Waals surface area contributed by atoms with Crippen LogP contribution in [0.3, 0.4) is 0 Å². The van der Waals surface area contributed by atoms with E-state index in [1.165, 1.54) is 0 Å². The maximum Gasteiger partial charge on any atom is 0.285 e. The normalized spacial score (nSPS) is 40.2. The summed E-state index contributed by atoms with van der Waals surface area (Å²) in [7, 11) is 4.84. The first-order valence-corrected chi connectivity index (χ1v) is 4.08. The molecule has 2 radical (unpaired) electrons. The van der Waals surface area contributed by atoms with E-state index in [2.05, 4.69) is 4.65 Å². The highest BCUT2D eigenvalue weighted by molar-refractivity contribution is 5.97. The molecule has 0 aromatic carbocycles. The molecule has 2 fully saturated rings. The molecule has 66 valence electrons. The van der Waals surface area contributed by atoms with Crippen LogP contribution < -0.4 is 0 Å². The van der Waals surface area contributed by atoms with Gasteiger partial charge in [0, 0.05) is 6.61 Å². The molecule has 5 heteroatoms. The van der Waals surface area contributed by atoms with Gasteiger partial charge in [-0.15, -0.1) is 0 Å². The third kappa shape index (κ3) is 1.50. The van der Waals surface area contributed by atoms with E-state index in [9.17, 15) is 0 Å². The SMILES string of the molecule is [B]OCO[C@H]1CO[C@@H]2CCO[C@H]12. The smallest absolute Gasteiger partial charge is 0.285 e. The first kappa shape index (κ1) is 8.50. The summed E-state index contributed by atoms with van der Waals surface area (Å²) >= 11 is 0. The molecule has 2 rings (SSSR count). The first-order chi connectivity index (χ1) is 5.92. The van der Waals surface area contributed by atoms with Crippen molar-refractivity contribution >= 4 is 8.05 Å². The Balaban J connectivity index is 1.83. The standard InChI is InChI=1S/C7H11BO4/c8-12-4-11-6-3-10-5-1-2-9-7(5)6/h5-7H,1-4H2/t5-,6+,7+/m1/s1. The Labute approximate surface area is 72.6 Å². The number of ether oxygens (including phenoxy) is 3.